The number of hydrogen-bond acceptors (Lipinski definition) is 3. The molecule has 1 aromatic carbocycles. The van der Waals surface area contributed by atoms with Crippen LogP contribution in [0.25, 0.3) is 0 Å². The Morgan fingerprint density at radius 1 is 1.33 bits per heavy atom. The van der Waals surface area contributed by atoms with Gasteiger partial charge >= 0.3 is 5.97 Å². The molecule has 1 fully saturated rings. The lowest BCUT2D eigenvalue weighted by Crippen LogP contribution is -2.43. The van der Waals surface area contributed by atoms with Gasteiger partial charge < -0.3 is 15.7 Å². The summed E-state index contributed by atoms with van der Waals surface area (Å²) in [5, 5.41) is 8.70. The molecule has 2 unspecified atom stereocenters. The summed E-state index contributed by atoms with van der Waals surface area (Å²) in [6.45, 7) is 1.32. The summed E-state index contributed by atoms with van der Waals surface area (Å²) in [5.74, 6) is -0.522. The summed E-state index contributed by atoms with van der Waals surface area (Å²) < 4.78 is 0. The molecule has 0 aliphatic carbocycles. The summed E-state index contributed by atoms with van der Waals surface area (Å²) in [6, 6.07) is 9.21. The lowest BCUT2D eigenvalue weighted by molar-refractivity contribution is -0.137. The van der Waals surface area contributed by atoms with E-state index in [2.05, 4.69) is 0 Å². The third kappa shape index (κ3) is 4.56. The molecule has 1 aliphatic heterocycles. The van der Waals surface area contributed by atoms with Crippen LogP contribution in [0, 0.1) is 5.92 Å². The Morgan fingerprint density at radius 3 is 2.71 bits per heavy atom. The van der Waals surface area contributed by atoms with E-state index < -0.39 is 12.0 Å². The van der Waals surface area contributed by atoms with Crippen LogP contribution < -0.4 is 5.73 Å². The van der Waals surface area contributed by atoms with E-state index in [0.717, 1.165) is 12.0 Å². The summed E-state index contributed by atoms with van der Waals surface area (Å²) in [4.78, 5) is 24.7. The summed E-state index contributed by atoms with van der Waals surface area (Å²) in [7, 11) is 0. The monoisotopic (exact) mass is 290 g/mol. The fourth-order valence-corrected chi connectivity index (χ4v) is 2.79. The smallest absolute Gasteiger partial charge is 0.303 e. The lowest BCUT2D eigenvalue weighted by Gasteiger charge is -2.21. The largest absolute Gasteiger partial charge is 0.481 e. The van der Waals surface area contributed by atoms with Gasteiger partial charge in [-0.3, -0.25) is 9.59 Å². The minimum atomic E-state index is -0.777. The molecule has 2 rings (SSSR count). The number of likely N-dealkylation sites (tertiary alicyclic amines) is 1. The second-order valence-electron chi connectivity index (χ2n) is 5.67. The normalized spacial score (nSPS) is 19.5. The zero-order chi connectivity index (χ0) is 15.2. The van der Waals surface area contributed by atoms with Crippen LogP contribution in [0.3, 0.4) is 0 Å². The molecule has 0 bridgehead atoms. The number of nitrogens with two attached hydrogens (primary N) is 1. The van der Waals surface area contributed by atoms with Crippen LogP contribution in [0.2, 0.25) is 0 Å². The zero-order valence-corrected chi connectivity index (χ0v) is 12.1. The molecule has 5 heteroatoms. The number of benzene rings is 1. The van der Waals surface area contributed by atoms with E-state index in [1.54, 1.807) is 4.90 Å². The van der Waals surface area contributed by atoms with E-state index in [1.807, 2.05) is 30.3 Å². The predicted molar refractivity (Wildman–Crippen MR) is 79.7 cm³/mol. The highest BCUT2D eigenvalue weighted by Gasteiger charge is 2.29. The van der Waals surface area contributed by atoms with Crippen molar-refractivity contribution in [2.24, 2.45) is 11.7 Å². The van der Waals surface area contributed by atoms with Gasteiger partial charge in [-0.25, -0.2) is 0 Å². The highest BCUT2D eigenvalue weighted by Crippen LogP contribution is 2.21. The van der Waals surface area contributed by atoms with E-state index >= 15 is 0 Å². The lowest BCUT2D eigenvalue weighted by atomic mass is 10.0. The number of carboxylic acid groups (broad SMARTS) is 1. The van der Waals surface area contributed by atoms with Gasteiger partial charge in [-0.15, -0.1) is 0 Å². The minimum absolute atomic E-state index is 0.0309. The third-order valence-electron chi connectivity index (χ3n) is 3.98. The molecule has 0 saturated carbocycles. The van der Waals surface area contributed by atoms with Crippen LogP contribution >= 0.6 is 0 Å². The van der Waals surface area contributed by atoms with Crippen LogP contribution in [0.5, 0.6) is 0 Å². The SMILES string of the molecule is NC(Cc1ccccc1)C(=O)N1CCC(CCC(=O)O)C1. The third-order valence-corrected chi connectivity index (χ3v) is 3.98. The van der Waals surface area contributed by atoms with E-state index in [4.69, 9.17) is 10.8 Å². The van der Waals surface area contributed by atoms with Gasteiger partial charge in [-0.1, -0.05) is 30.3 Å². The first-order valence-corrected chi connectivity index (χ1v) is 7.36. The summed E-state index contributed by atoms with van der Waals surface area (Å²) >= 11 is 0. The van der Waals surface area contributed by atoms with Crippen LogP contribution in [-0.4, -0.2) is 41.0 Å². The van der Waals surface area contributed by atoms with Gasteiger partial charge in [0.05, 0.1) is 6.04 Å². The molecule has 1 aromatic rings. The number of carboxylic acids is 1. The van der Waals surface area contributed by atoms with Crippen LogP contribution in [0.1, 0.15) is 24.8 Å². The Kier molecular flexibility index (Phi) is 5.33. The van der Waals surface area contributed by atoms with E-state index in [9.17, 15) is 9.59 Å². The highest BCUT2D eigenvalue weighted by molar-refractivity contribution is 5.82. The summed E-state index contributed by atoms with van der Waals surface area (Å²) in [6.07, 6.45) is 2.21. The van der Waals surface area contributed by atoms with Crippen LogP contribution in [-0.2, 0) is 16.0 Å². The molecular formula is C16H22N2O3. The molecule has 0 spiro atoms. The van der Waals surface area contributed by atoms with E-state index in [1.165, 1.54) is 0 Å². The number of hydrogen-bond donors (Lipinski definition) is 2. The number of rotatable bonds is 6. The number of amides is 1. The standard InChI is InChI=1S/C16H22N2O3/c17-14(10-12-4-2-1-3-5-12)16(21)18-9-8-13(11-18)6-7-15(19)20/h1-5,13-14H,6-11,17H2,(H,19,20). The van der Waals surface area contributed by atoms with Gasteiger partial charge in [0.1, 0.15) is 0 Å². The Morgan fingerprint density at radius 2 is 2.05 bits per heavy atom. The van der Waals surface area contributed by atoms with Gasteiger partial charge in [0.25, 0.3) is 0 Å². The molecule has 5 nitrogen and oxygen atoms in total. The van der Waals surface area contributed by atoms with Crippen molar-refractivity contribution in [2.45, 2.75) is 31.7 Å². The second kappa shape index (κ2) is 7.22. The van der Waals surface area contributed by atoms with Gasteiger partial charge in [0.15, 0.2) is 0 Å². The first-order chi connectivity index (χ1) is 10.1. The Hall–Kier alpha value is -1.88. The van der Waals surface area contributed by atoms with Crippen molar-refractivity contribution in [2.75, 3.05) is 13.1 Å². The zero-order valence-electron chi connectivity index (χ0n) is 12.1. The molecule has 1 aliphatic rings. The Labute approximate surface area is 124 Å². The predicted octanol–water partition coefficient (Wildman–Crippen LogP) is 1.27. The molecule has 1 amide bonds. The van der Waals surface area contributed by atoms with Gasteiger partial charge in [0, 0.05) is 19.5 Å². The van der Waals surface area contributed by atoms with Crippen molar-refractivity contribution in [3.05, 3.63) is 35.9 Å². The molecule has 0 aromatic heterocycles. The van der Waals surface area contributed by atoms with Crippen molar-refractivity contribution < 1.29 is 14.7 Å². The Balaban J connectivity index is 1.82. The average molecular weight is 290 g/mol. The van der Waals surface area contributed by atoms with Gasteiger partial charge in [-0.2, -0.15) is 0 Å². The molecule has 21 heavy (non-hydrogen) atoms. The molecule has 114 valence electrons. The number of carbonyl (C=O) groups excluding carboxylic acids is 1. The maximum atomic E-state index is 12.3. The molecule has 1 saturated heterocycles. The minimum Gasteiger partial charge on any atom is -0.481 e. The van der Waals surface area contributed by atoms with Gasteiger partial charge in [0.2, 0.25) is 5.91 Å². The van der Waals surface area contributed by atoms with E-state index in [0.29, 0.717) is 25.9 Å². The van der Waals surface area contributed by atoms with Gasteiger partial charge in [-0.05, 0) is 30.7 Å². The van der Waals surface area contributed by atoms with Crippen LogP contribution in [0.15, 0.2) is 30.3 Å². The maximum absolute atomic E-state index is 12.3. The number of aliphatic carboxylic acids is 1. The number of nitrogens with zero attached hydrogens (tertiary/aromatic N) is 1. The molecule has 1 heterocycles. The number of carbonyl (C=O) groups is 2. The average Bonchev–Trinajstić information content (AvgIpc) is 2.94. The van der Waals surface area contributed by atoms with Crippen molar-refractivity contribution in [3.63, 3.8) is 0 Å². The first kappa shape index (κ1) is 15.5. The molecular weight excluding hydrogens is 268 g/mol. The van der Waals surface area contributed by atoms with Crippen molar-refractivity contribution in [1.29, 1.82) is 0 Å². The van der Waals surface area contributed by atoms with E-state index in [-0.39, 0.29) is 18.2 Å². The molecule has 2 atom stereocenters. The van der Waals surface area contributed by atoms with Crippen molar-refractivity contribution in [3.8, 4) is 0 Å². The maximum Gasteiger partial charge on any atom is 0.303 e. The fraction of sp³-hybridized carbons (Fsp3) is 0.500. The topological polar surface area (TPSA) is 83.6 Å². The quantitative estimate of drug-likeness (QED) is 0.826. The molecule has 0 radical (unpaired) electrons. The second-order valence-corrected chi connectivity index (χ2v) is 5.67. The molecule has 3 N–H and O–H groups in total. The van der Waals surface area contributed by atoms with Crippen molar-refractivity contribution in [1.82, 2.24) is 4.90 Å². The van der Waals surface area contributed by atoms with Crippen molar-refractivity contribution >= 4 is 11.9 Å². The Bertz CT molecular complexity index is 490. The fourth-order valence-electron chi connectivity index (χ4n) is 2.79. The summed E-state index contributed by atoms with van der Waals surface area (Å²) in [5.41, 5.74) is 7.07. The van der Waals surface area contributed by atoms with Crippen LogP contribution in [0.4, 0.5) is 0 Å². The first-order valence-electron chi connectivity index (χ1n) is 7.36. The highest BCUT2D eigenvalue weighted by atomic mass is 16.4.